The summed E-state index contributed by atoms with van der Waals surface area (Å²) in [6, 6.07) is 5.40. The third-order valence-electron chi connectivity index (χ3n) is 5.18. The quantitative estimate of drug-likeness (QED) is 0.733. The largest absolute Gasteiger partial charge is 0.356 e. The smallest absolute Gasteiger partial charge is 0.249 e. The molecule has 0 aliphatic carbocycles. The maximum atomic E-state index is 13.1. The van der Waals surface area contributed by atoms with Crippen molar-refractivity contribution in [1.29, 1.82) is 5.26 Å². The van der Waals surface area contributed by atoms with Crippen LogP contribution in [0.2, 0.25) is 5.15 Å². The molecule has 28 heavy (non-hydrogen) atoms. The Morgan fingerprint density at radius 3 is 2.79 bits per heavy atom. The van der Waals surface area contributed by atoms with Crippen LogP contribution in [0.1, 0.15) is 36.4 Å². The van der Waals surface area contributed by atoms with Gasteiger partial charge in [0.1, 0.15) is 23.4 Å². The van der Waals surface area contributed by atoms with E-state index in [1.807, 2.05) is 0 Å². The SMILES string of the molecule is N#Cc1cncc([C@@H]2CCON2C(=O)C2CCN(c3cc(Cl)ncn3)CC2)c1. The van der Waals surface area contributed by atoms with E-state index < -0.39 is 0 Å². The van der Waals surface area contributed by atoms with Crippen LogP contribution >= 0.6 is 11.6 Å². The Hall–Kier alpha value is -2.76. The molecule has 2 saturated heterocycles. The molecule has 0 aromatic carbocycles. The lowest BCUT2D eigenvalue weighted by Gasteiger charge is -2.34. The minimum Gasteiger partial charge on any atom is -0.356 e. The number of halogens is 1. The third kappa shape index (κ3) is 3.77. The number of hydroxylamine groups is 2. The number of pyridine rings is 1. The van der Waals surface area contributed by atoms with Crippen LogP contribution in [0.15, 0.2) is 30.9 Å². The number of amides is 1. The van der Waals surface area contributed by atoms with Crippen LogP contribution in [0.25, 0.3) is 0 Å². The minimum absolute atomic E-state index is 0.00905. The molecule has 2 aromatic rings. The van der Waals surface area contributed by atoms with Gasteiger partial charge in [0.05, 0.1) is 18.2 Å². The van der Waals surface area contributed by atoms with E-state index in [0.29, 0.717) is 49.7 Å². The average molecular weight is 399 g/mol. The van der Waals surface area contributed by atoms with Crippen molar-refractivity contribution in [1.82, 2.24) is 20.0 Å². The summed E-state index contributed by atoms with van der Waals surface area (Å²) in [5, 5.41) is 11.0. The predicted molar refractivity (Wildman–Crippen MR) is 101 cm³/mol. The Bertz CT molecular complexity index is 909. The monoisotopic (exact) mass is 398 g/mol. The summed E-state index contributed by atoms with van der Waals surface area (Å²) >= 11 is 5.94. The summed E-state index contributed by atoms with van der Waals surface area (Å²) in [5.41, 5.74) is 1.31. The van der Waals surface area contributed by atoms with Gasteiger partial charge < -0.3 is 4.90 Å². The zero-order valence-electron chi connectivity index (χ0n) is 15.2. The highest BCUT2D eigenvalue weighted by atomic mass is 35.5. The van der Waals surface area contributed by atoms with Crippen molar-refractivity contribution >= 4 is 23.3 Å². The van der Waals surface area contributed by atoms with E-state index in [1.165, 1.54) is 17.6 Å². The molecule has 1 atom stereocenters. The second-order valence-corrected chi connectivity index (χ2v) is 7.27. The Morgan fingerprint density at radius 2 is 2.04 bits per heavy atom. The number of carbonyl (C=O) groups excluding carboxylic acids is 1. The highest BCUT2D eigenvalue weighted by Crippen LogP contribution is 2.34. The van der Waals surface area contributed by atoms with E-state index in [-0.39, 0.29) is 17.9 Å². The summed E-state index contributed by atoms with van der Waals surface area (Å²) in [4.78, 5) is 33.1. The number of rotatable bonds is 3. The molecule has 0 spiro atoms. The van der Waals surface area contributed by atoms with Gasteiger partial charge in [0.15, 0.2) is 0 Å². The molecule has 0 N–H and O–H groups in total. The van der Waals surface area contributed by atoms with Crippen LogP contribution < -0.4 is 4.90 Å². The van der Waals surface area contributed by atoms with Gasteiger partial charge in [-0.3, -0.25) is 14.6 Å². The fourth-order valence-electron chi connectivity index (χ4n) is 3.72. The lowest BCUT2D eigenvalue weighted by Crippen LogP contribution is -2.42. The Labute approximate surface area is 167 Å². The molecule has 4 heterocycles. The van der Waals surface area contributed by atoms with Gasteiger partial charge in [-0.25, -0.2) is 15.0 Å². The number of piperidine rings is 1. The Balaban J connectivity index is 1.42. The molecule has 2 aliphatic heterocycles. The second-order valence-electron chi connectivity index (χ2n) is 6.88. The third-order valence-corrected chi connectivity index (χ3v) is 5.39. The highest BCUT2D eigenvalue weighted by molar-refractivity contribution is 6.29. The van der Waals surface area contributed by atoms with Crippen LogP contribution in [0.3, 0.4) is 0 Å². The fourth-order valence-corrected chi connectivity index (χ4v) is 3.86. The van der Waals surface area contributed by atoms with Crippen molar-refractivity contribution in [3.05, 3.63) is 47.1 Å². The number of hydrogen-bond acceptors (Lipinski definition) is 7. The van der Waals surface area contributed by atoms with E-state index in [1.54, 1.807) is 18.3 Å². The van der Waals surface area contributed by atoms with Crippen molar-refractivity contribution in [2.75, 3.05) is 24.6 Å². The molecular weight excluding hydrogens is 380 g/mol. The highest BCUT2D eigenvalue weighted by Gasteiger charge is 2.37. The number of carbonyl (C=O) groups is 1. The van der Waals surface area contributed by atoms with Gasteiger partial charge in [-0.15, -0.1) is 0 Å². The minimum atomic E-state index is -0.202. The summed E-state index contributed by atoms with van der Waals surface area (Å²) < 4.78 is 0. The zero-order chi connectivity index (χ0) is 19.5. The molecule has 144 valence electrons. The fraction of sp³-hybridized carbons (Fsp3) is 0.421. The molecule has 0 unspecified atom stereocenters. The van der Waals surface area contributed by atoms with Crippen LogP contribution in [-0.4, -0.2) is 45.6 Å². The summed E-state index contributed by atoms with van der Waals surface area (Å²) in [5.74, 6) is 0.659. The van der Waals surface area contributed by atoms with Crippen molar-refractivity contribution in [3.63, 3.8) is 0 Å². The second kappa shape index (κ2) is 8.09. The summed E-state index contributed by atoms with van der Waals surface area (Å²) in [7, 11) is 0. The first kappa shape index (κ1) is 18.6. The Morgan fingerprint density at radius 1 is 1.21 bits per heavy atom. The van der Waals surface area contributed by atoms with Crippen molar-refractivity contribution in [3.8, 4) is 6.07 Å². The van der Waals surface area contributed by atoms with Gasteiger partial charge in [0, 0.05) is 43.9 Å². The zero-order valence-corrected chi connectivity index (χ0v) is 15.9. The van der Waals surface area contributed by atoms with E-state index in [4.69, 9.17) is 21.7 Å². The molecule has 2 fully saturated rings. The lowest BCUT2D eigenvalue weighted by molar-refractivity contribution is -0.182. The predicted octanol–water partition coefficient (Wildman–Crippen LogP) is 2.52. The first-order valence-electron chi connectivity index (χ1n) is 9.19. The van der Waals surface area contributed by atoms with Gasteiger partial charge in [0.25, 0.3) is 0 Å². The number of nitriles is 1. The van der Waals surface area contributed by atoms with Gasteiger partial charge in [0.2, 0.25) is 5.91 Å². The van der Waals surface area contributed by atoms with Gasteiger partial charge in [-0.05, 0) is 24.5 Å². The molecule has 0 bridgehead atoms. The maximum absolute atomic E-state index is 13.1. The molecule has 8 nitrogen and oxygen atoms in total. The molecule has 1 amide bonds. The topological polar surface area (TPSA) is 95.2 Å². The van der Waals surface area contributed by atoms with Crippen molar-refractivity contribution < 1.29 is 9.63 Å². The van der Waals surface area contributed by atoms with E-state index in [9.17, 15) is 4.79 Å². The number of aromatic nitrogens is 3. The maximum Gasteiger partial charge on any atom is 0.249 e. The van der Waals surface area contributed by atoms with Crippen LogP contribution in [-0.2, 0) is 9.63 Å². The average Bonchev–Trinajstić information content (AvgIpc) is 3.23. The molecule has 4 rings (SSSR count). The van der Waals surface area contributed by atoms with Gasteiger partial charge in [-0.2, -0.15) is 5.26 Å². The van der Waals surface area contributed by atoms with Crippen LogP contribution in [0.4, 0.5) is 5.82 Å². The molecule has 2 aliphatic rings. The van der Waals surface area contributed by atoms with Gasteiger partial charge in [-0.1, -0.05) is 11.6 Å². The van der Waals surface area contributed by atoms with E-state index in [2.05, 4.69) is 25.9 Å². The van der Waals surface area contributed by atoms with Crippen LogP contribution in [0.5, 0.6) is 0 Å². The Kier molecular flexibility index (Phi) is 5.37. The van der Waals surface area contributed by atoms with E-state index >= 15 is 0 Å². The molecule has 0 radical (unpaired) electrons. The molecule has 9 heteroatoms. The molecule has 0 saturated carbocycles. The summed E-state index contributed by atoms with van der Waals surface area (Å²) in [6.45, 7) is 1.91. The standard InChI is InChI=1S/C19H19ClN6O2/c20-17-8-18(24-12-23-17)25-4-1-14(2-5-25)19(27)26-16(3-6-28-26)15-7-13(9-21)10-22-11-15/h7-8,10-12,14,16H,1-6H2/t16-/m0/s1. The van der Waals surface area contributed by atoms with E-state index in [0.717, 1.165) is 11.4 Å². The molecular formula is C19H19ClN6O2. The normalized spacial score (nSPS) is 20.2. The number of nitrogens with zero attached hydrogens (tertiary/aromatic N) is 6. The van der Waals surface area contributed by atoms with Crippen molar-refractivity contribution in [2.24, 2.45) is 5.92 Å². The number of anilines is 1. The first-order valence-corrected chi connectivity index (χ1v) is 9.57. The van der Waals surface area contributed by atoms with Gasteiger partial charge >= 0.3 is 0 Å². The number of hydrogen-bond donors (Lipinski definition) is 0. The summed E-state index contributed by atoms with van der Waals surface area (Å²) in [6.07, 6.45) is 6.77. The van der Waals surface area contributed by atoms with Crippen LogP contribution in [0, 0.1) is 17.2 Å². The molecule has 2 aromatic heterocycles. The van der Waals surface area contributed by atoms with Crippen molar-refractivity contribution in [2.45, 2.75) is 25.3 Å². The first-order chi connectivity index (χ1) is 13.7. The lowest BCUT2D eigenvalue weighted by atomic mass is 9.94.